The van der Waals surface area contributed by atoms with E-state index in [1.165, 1.54) is 0 Å². The minimum Gasteiger partial charge on any atom is -0.324 e. The molecule has 2 N–H and O–H groups in total. The minimum absolute atomic E-state index is 0.000444. The van der Waals surface area contributed by atoms with Gasteiger partial charge in [0.2, 0.25) is 0 Å². The molecule has 2 heterocycles. The van der Waals surface area contributed by atoms with Crippen LogP contribution >= 0.6 is 0 Å². The second-order valence-electron chi connectivity index (χ2n) is 3.54. The van der Waals surface area contributed by atoms with Gasteiger partial charge in [0.25, 0.3) is 0 Å². The van der Waals surface area contributed by atoms with Crippen LogP contribution in [0.3, 0.4) is 0 Å². The van der Waals surface area contributed by atoms with Gasteiger partial charge < -0.3 is 10.1 Å². The Morgan fingerprint density at radius 2 is 2.27 bits per heavy atom. The van der Waals surface area contributed by atoms with Crippen molar-refractivity contribution in [3.8, 4) is 0 Å². The van der Waals surface area contributed by atoms with Crippen molar-refractivity contribution >= 4 is 11.3 Å². The molecular weight excluding hydrogens is 190 g/mol. The lowest BCUT2D eigenvalue weighted by atomic mass is 10.2. The van der Waals surface area contributed by atoms with E-state index in [0.717, 1.165) is 16.9 Å². The molecule has 0 radical (unpaired) electrons. The fraction of sp³-hybridized carbons (Fsp3) is 0.273. The van der Waals surface area contributed by atoms with E-state index < -0.39 is 0 Å². The number of Topliss-reactive ketones (excluding diaryl/α,β-unsaturated/α-hetero) is 1. The maximum Gasteiger partial charge on any atom is 0.196 e. The van der Waals surface area contributed by atoms with Crippen LogP contribution in [0.2, 0.25) is 0 Å². The molecule has 0 bridgehead atoms. The second-order valence-corrected chi connectivity index (χ2v) is 3.54. The normalized spacial score (nSPS) is 10.9. The number of aryl methyl sites for hydroxylation is 2. The van der Waals surface area contributed by atoms with E-state index in [1.807, 2.05) is 36.6 Å². The van der Waals surface area contributed by atoms with Gasteiger partial charge in [-0.15, -0.1) is 0 Å². The number of carbonyl (C=O) groups is 1. The topological polar surface area (TPSA) is 60.4 Å². The number of rotatable bonds is 2. The summed E-state index contributed by atoms with van der Waals surface area (Å²) in [7, 11) is 0. The number of ketones is 1. The van der Waals surface area contributed by atoms with Crippen LogP contribution in [-0.2, 0) is 0 Å². The summed E-state index contributed by atoms with van der Waals surface area (Å²) in [6.45, 7) is 3.84. The number of pyridine rings is 1. The average Bonchev–Trinajstić information content (AvgIpc) is 2.57. The van der Waals surface area contributed by atoms with Gasteiger partial charge in [0.15, 0.2) is 5.78 Å². The summed E-state index contributed by atoms with van der Waals surface area (Å²) in [6, 6.07) is 3.90. The molecule has 0 fully saturated rings. The maximum atomic E-state index is 11.6. The molecule has 0 aliphatic heterocycles. The molecule has 0 aromatic carbocycles. The van der Waals surface area contributed by atoms with Gasteiger partial charge in [0.05, 0.1) is 12.1 Å². The van der Waals surface area contributed by atoms with Gasteiger partial charge in [-0.25, -0.2) is 4.98 Å². The van der Waals surface area contributed by atoms with Crippen LogP contribution in [0.5, 0.6) is 0 Å². The van der Waals surface area contributed by atoms with E-state index in [1.54, 1.807) is 0 Å². The van der Waals surface area contributed by atoms with Crippen LogP contribution < -0.4 is 5.73 Å². The highest BCUT2D eigenvalue weighted by atomic mass is 16.1. The minimum atomic E-state index is -0.116. The summed E-state index contributed by atoms with van der Waals surface area (Å²) in [5.41, 5.74) is 7.74. The molecule has 0 amide bonds. The highest BCUT2D eigenvalue weighted by molar-refractivity contribution is 6.02. The monoisotopic (exact) mass is 203 g/mol. The molecule has 4 nitrogen and oxygen atoms in total. The molecule has 0 saturated heterocycles. The van der Waals surface area contributed by atoms with Gasteiger partial charge in [-0.2, -0.15) is 0 Å². The molecule has 0 saturated carbocycles. The summed E-state index contributed by atoms with van der Waals surface area (Å²) in [5, 5.41) is 0. The first kappa shape index (κ1) is 9.86. The summed E-state index contributed by atoms with van der Waals surface area (Å²) in [5.74, 6) is 0.695. The summed E-state index contributed by atoms with van der Waals surface area (Å²) < 4.78 is 1.91. The van der Waals surface area contributed by atoms with Gasteiger partial charge in [0, 0.05) is 6.20 Å². The highest BCUT2D eigenvalue weighted by Gasteiger charge is 2.15. The van der Waals surface area contributed by atoms with Crippen LogP contribution in [0.1, 0.15) is 21.9 Å². The SMILES string of the molecule is Cc1cccn2c(C)nc(C(=O)CN)c12. The Morgan fingerprint density at radius 1 is 1.53 bits per heavy atom. The van der Waals surface area contributed by atoms with Gasteiger partial charge >= 0.3 is 0 Å². The van der Waals surface area contributed by atoms with E-state index in [-0.39, 0.29) is 12.3 Å². The first-order valence-corrected chi connectivity index (χ1v) is 4.82. The van der Waals surface area contributed by atoms with Gasteiger partial charge in [0.1, 0.15) is 11.5 Å². The van der Waals surface area contributed by atoms with Crippen molar-refractivity contribution in [3.05, 3.63) is 35.4 Å². The zero-order valence-electron chi connectivity index (χ0n) is 8.82. The Bertz CT molecular complexity index is 528. The van der Waals surface area contributed by atoms with Crippen molar-refractivity contribution in [2.24, 2.45) is 5.73 Å². The zero-order chi connectivity index (χ0) is 11.0. The second kappa shape index (κ2) is 3.47. The standard InChI is InChI=1S/C11H13N3O/c1-7-4-3-5-14-8(2)13-10(11(7)14)9(15)6-12/h3-5H,6,12H2,1-2H3. The number of hydrogen-bond donors (Lipinski definition) is 1. The Labute approximate surface area is 87.7 Å². The number of nitrogens with zero attached hydrogens (tertiary/aromatic N) is 2. The molecule has 0 aliphatic rings. The lowest BCUT2D eigenvalue weighted by Gasteiger charge is -2.00. The Morgan fingerprint density at radius 3 is 2.93 bits per heavy atom. The molecule has 15 heavy (non-hydrogen) atoms. The Balaban J connectivity index is 2.81. The van der Waals surface area contributed by atoms with Crippen LogP contribution in [-0.4, -0.2) is 21.7 Å². The van der Waals surface area contributed by atoms with E-state index >= 15 is 0 Å². The number of fused-ring (bicyclic) bond motifs is 1. The molecule has 4 heteroatoms. The van der Waals surface area contributed by atoms with Crippen LogP contribution in [0.25, 0.3) is 5.52 Å². The van der Waals surface area contributed by atoms with Crippen molar-refractivity contribution < 1.29 is 4.79 Å². The average molecular weight is 203 g/mol. The molecule has 2 rings (SSSR count). The van der Waals surface area contributed by atoms with Crippen molar-refractivity contribution in [2.45, 2.75) is 13.8 Å². The van der Waals surface area contributed by atoms with Crippen LogP contribution in [0.15, 0.2) is 18.3 Å². The molecule has 78 valence electrons. The fourth-order valence-corrected chi connectivity index (χ4v) is 1.75. The number of hydrogen-bond acceptors (Lipinski definition) is 3. The molecule has 2 aromatic heterocycles. The van der Waals surface area contributed by atoms with Crippen molar-refractivity contribution in [2.75, 3.05) is 6.54 Å². The number of imidazole rings is 1. The molecule has 0 aliphatic carbocycles. The van der Waals surface area contributed by atoms with E-state index in [2.05, 4.69) is 4.98 Å². The van der Waals surface area contributed by atoms with Crippen LogP contribution in [0.4, 0.5) is 0 Å². The molecule has 2 aromatic rings. The first-order valence-electron chi connectivity index (χ1n) is 4.82. The molecular formula is C11H13N3O. The third-order valence-corrected chi connectivity index (χ3v) is 2.49. The summed E-state index contributed by atoms with van der Waals surface area (Å²) in [4.78, 5) is 15.8. The van der Waals surface area contributed by atoms with E-state index in [4.69, 9.17) is 5.73 Å². The van der Waals surface area contributed by atoms with E-state index in [9.17, 15) is 4.79 Å². The Kier molecular flexibility index (Phi) is 2.28. The third-order valence-electron chi connectivity index (χ3n) is 2.49. The van der Waals surface area contributed by atoms with Crippen molar-refractivity contribution in [1.82, 2.24) is 9.38 Å². The number of nitrogens with two attached hydrogens (primary N) is 1. The summed E-state index contributed by atoms with van der Waals surface area (Å²) in [6.07, 6.45) is 1.90. The quantitative estimate of drug-likeness (QED) is 0.743. The lowest BCUT2D eigenvalue weighted by Crippen LogP contribution is -2.14. The van der Waals surface area contributed by atoms with Crippen molar-refractivity contribution in [3.63, 3.8) is 0 Å². The van der Waals surface area contributed by atoms with E-state index in [0.29, 0.717) is 5.69 Å². The highest BCUT2D eigenvalue weighted by Crippen LogP contribution is 2.17. The molecule has 0 spiro atoms. The first-order chi connectivity index (χ1) is 7.15. The zero-order valence-corrected chi connectivity index (χ0v) is 8.82. The largest absolute Gasteiger partial charge is 0.324 e. The van der Waals surface area contributed by atoms with Gasteiger partial charge in [-0.05, 0) is 25.5 Å². The molecule has 0 atom stereocenters. The number of aromatic nitrogens is 2. The van der Waals surface area contributed by atoms with Gasteiger partial charge in [-0.1, -0.05) is 6.07 Å². The lowest BCUT2D eigenvalue weighted by molar-refractivity contribution is 0.0998. The summed E-state index contributed by atoms with van der Waals surface area (Å²) >= 11 is 0. The fourth-order valence-electron chi connectivity index (χ4n) is 1.75. The smallest absolute Gasteiger partial charge is 0.196 e. The molecule has 0 unspecified atom stereocenters. The van der Waals surface area contributed by atoms with Crippen molar-refractivity contribution in [1.29, 1.82) is 0 Å². The predicted octanol–water partition coefficient (Wildman–Crippen LogP) is 1.09. The number of carbonyl (C=O) groups excluding carboxylic acids is 1. The third kappa shape index (κ3) is 1.43. The predicted molar refractivity (Wildman–Crippen MR) is 58.1 cm³/mol. The van der Waals surface area contributed by atoms with Gasteiger partial charge in [-0.3, -0.25) is 4.79 Å². The van der Waals surface area contributed by atoms with Crippen LogP contribution in [0, 0.1) is 13.8 Å². The maximum absolute atomic E-state index is 11.6. The Hall–Kier alpha value is -1.68.